The van der Waals surface area contributed by atoms with Gasteiger partial charge in [-0.25, -0.2) is 0 Å². The minimum absolute atomic E-state index is 0.0709. The van der Waals surface area contributed by atoms with Crippen molar-refractivity contribution in [3.05, 3.63) is 108 Å². The van der Waals surface area contributed by atoms with Crippen molar-refractivity contribution in [2.75, 3.05) is 11.2 Å². The van der Waals surface area contributed by atoms with E-state index in [1.54, 1.807) is 11.8 Å². The van der Waals surface area contributed by atoms with E-state index in [1.165, 1.54) is 26.8 Å². The van der Waals surface area contributed by atoms with Crippen LogP contribution < -0.4 is 4.90 Å². The average Bonchev–Trinajstić information content (AvgIpc) is 2.81. The van der Waals surface area contributed by atoms with Gasteiger partial charge in [0.05, 0.1) is 6.54 Å². The lowest BCUT2D eigenvalue weighted by atomic mass is 9.81. The summed E-state index contributed by atoms with van der Waals surface area (Å²) in [6, 6.07) is 31.7. The van der Waals surface area contributed by atoms with Crippen molar-refractivity contribution >= 4 is 34.1 Å². The zero-order valence-electron chi connectivity index (χ0n) is 16.9. The summed E-state index contributed by atoms with van der Waals surface area (Å²) in [5.41, 5.74) is 4.65. The minimum Gasteiger partial charge on any atom is -0.308 e. The van der Waals surface area contributed by atoms with Crippen molar-refractivity contribution in [1.29, 1.82) is 0 Å². The van der Waals surface area contributed by atoms with Crippen molar-refractivity contribution in [1.82, 2.24) is 0 Å². The van der Waals surface area contributed by atoms with Crippen LogP contribution in [0.2, 0.25) is 0 Å². The molecule has 0 aliphatic carbocycles. The predicted octanol–water partition coefficient (Wildman–Crippen LogP) is 6.63. The standard InChI is InChI=1S/C27H23NOS/c1-30-22-14-11-21(12-15-22)24-17-26(29)28(18-19-7-3-2-4-8-19)25-16-13-20-9-5-6-10-23(20)27(24)25/h2-16,24H,17-18H2,1H3. The first-order valence-electron chi connectivity index (χ1n) is 10.2. The molecule has 0 radical (unpaired) electrons. The lowest BCUT2D eigenvalue weighted by molar-refractivity contribution is -0.119. The molecular formula is C27H23NOS. The number of benzene rings is 4. The van der Waals surface area contributed by atoms with Crippen LogP contribution in [0.5, 0.6) is 0 Å². The average molecular weight is 410 g/mol. The second-order valence-electron chi connectivity index (χ2n) is 7.71. The first kappa shape index (κ1) is 19.0. The van der Waals surface area contributed by atoms with Gasteiger partial charge < -0.3 is 4.90 Å². The monoisotopic (exact) mass is 409 g/mol. The molecule has 0 saturated carbocycles. The minimum atomic E-state index is 0.0709. The molecule has 0 aromatic heterocycles. The maximum atomic E-state index is 13.3. The van der Waals surface area contributed by atoms with Crippen molar-refractivity contribution in [2.45, 2.75) is 23.8 Å². The zero-order valence-corrected chi connectivity index (χ0v) is 17.7. The van der Waals surface area contributed by atoms with Crippen LogP contribution in [0.3, 0.4) is 0 Å². The van der Waals surface area contributed by atoms with Gasteiger partial charge in [-0.15, -0.1) is 11.8 Å². The molecule has 0 saturated heterocycles. The number of nitrogens with zero attached hydrogens (tertiary/aromatic N) is 1. The largest absolute Gasteiger partial charge is 0.308 e. The van der Waals surface area contributed by atoms with E-state index in [0.29, 0.717) is 13.0 Å². The van der Waals surface area contributed by atoms with Gasteiger partial charge in [0.15, 0.2) is 0 Å². The number of amides is 1. The summed E-state index contributed by atoms with van der Waals surface area (Å²) in [4.78, 5) is 16.5. The van der Waals surface area contributed by atoms with E-state index < -0.39 is 0 Å². The second-order valence-corrected chi connectivity index (χ2v) is 8.59. The summed E-state index contributed by atoms with van der Waals surface area (Å²) in [7, 11) is 0. The Morgan fingerprint density at radius 2 is 1.60 bits per heavy atom. The SMILES string of the molecule is CSc1ccc(C2CC(=O)N(Cc3ccccc3)c3ccc4ccccc4c32)cc1. The van der Waals surface area contributed by atoms with Crippen LogP contribution in [0, 0.1) is 0 Å². The molecule has 148 valence electrons. The highest BCUT2D eigenvalue weighted by Crippen LogP contribution is 2.44. The van der Waals surface area contributed by atoms with Gasteiger partial charge in [0.25, 0.3) is 0 Å². The third-order valence-corrected chi connectivity index (χ3v) is 6.71. The molecular weight excluding hydrogens is 386 g/mol. The van der Waals surface area contributed by atoms with Gasteiger partial charge in [-0.05, 0) is 51.9 Å². The Balaban J connectivity index is 1.66. The Kier molecular flexibility index (Phi) is 5.06. The third-order valence-electron chi connectivity index (χ3n) is 5.97. The molecule has 2 nitrogen and oxygen atoms in total. The zero-order chi connectivity index (χ0) is 20.5. The number of rotatable bonds is 4. The molecule has 1 amide bonds. The summed E-state index contributed by atoms with van der Waals surface area (Å²) in [6.45, 7) is 0.600. The Morgan fingerprint density at radius 1 is 0.867 bits per heavy atom. The number of anilines is 1. The highest BCUT2D eigenvalue weighted by Gasteiger charge is 2.33. The quantitative estimate of drug-likeness (QED) is 0.353. The third kappa shape index (κ3) is 3.40. The first-order chi connectivity index (χ1) is 14.7. The lowest BCUT2D eigenvalue weighted by Crippen LogP contribution is -2.36. The summed E-state index contributed by atoms with van der Waals surface area (Å²) >= 11 is 1.74. The molecule has 4 aromatic rings. The van der Waals surface area contributed by atoms with Crippen LogP contribution >= 0.6 is 11.8 Å². The van der Waals surface area contributed by atoms with E-state index in [-0.39, 0.29) is 11.8 Å². The highest BCUT2D eigenvalue weighted by atomic mass is 32.2. The first-order valence-corrected chi connectivity index (χ1v) is 11.5. The maximum absolute atomic E-state index is 13.3. The van der Waals surface area contributed by atoms with Crippen molar-refractivity contribution in [2.24, 2.45) is 0 Å². The fraction of sp³-hybridized carbons (Fsp3) is 0.148. The number of hydrogen-bond donors (Lipinski definition) is 0. The molecule has 3 heteroatoms. The predicted molar refractivity (Wildman–Crippen MR) is 126 cm³/mol. The van der Waals surface area contributed by atoms with Gasteiger partial charge in [-0.2, -0.15) is 0 Å². The van der Waals surface area contributed by atoms with Crippen LogP contribution in [-0.2, 0) is 11.3 Å². The number of hydrogen-bond acceptors (Lipinski definition) is 2. The molecule has 0 spiro atoms. The molecule has 5 rings (SSSR count). The fourth-order valence-corrected chi connectivity index (χ4v) is 4.88. The number of carbonyl (C=O) groups is 1. The van der Waals surface area contributed by atoms with Crippen molar-refractivity contribution < 1.29 is 4.79 Å². The molecule has 1 atom stereocenters. The lowest BCUT2D eigenvalue weighted by Gasteiger charge is -2.35. The smallest absolute Gasteiger partial charge is 0.228 e. The molecule has 0 fully saturated rings. The molecule has 30 heavy (non-hydrogen) atoms. The van der Waals surface area contributed by atoms with E-state index in [2.05, 4.69) is 79.1 Å². The van der Waals surface area contributed by atoms with Crippen LogP contribution in [-0.4, -0.2) is 12.2 Å². The Morgan fingerprint density at radius 3 is 2.37 bits per heavy atom. The highest BCUT2D eigenvalue weighted by molar-refractivity contribution is 7.98. The molecule has 1 aliphatic rings. The molecule has 0 bridgehead atoms. The second kappa shape index (κ2) is 8.00. The fourth-order valence-electron chi connectivity index (χ4n) is 4.47. The Hall–Kier alpha value is -3.04. The van der Waals surface area contributed by atoms with Gasteiger partial charge in [-0.3, -0.25) is 4.79 Å². The van der Waals surface area contributed by atoms with E-state index in [1.807, 2.05) is 23.1 Å². The molecule has 4 aromatic carbocycles. The van der Waals surface area contributed by atoms with E-state index >= 15 is 0 Å². The van der Waals surface area contributed by atoms with E-state index in [4.69, 9.17) is 0 Å². The van der Waals surface area contributed by atoms with E-state index in [0.717, 1.165) is 11.3 Å². The van der Waals surface area contributed by atoms with Crippen LogP contribution in [0.15, 0.2) is 95.9 Å². The molecule has 0 N–H and O–H groups in total. The molecule has 1 heterocycles. The summed E-state index contributed by atoms with van der Waals surface area (Å²) in [6.07, 6.45) is 2.58. The van der Waals surface area contributed by atoms with Crippen molar-refractivity contribution in [3.63, 3.8) is 0 Å². The Labute approximate surface area is 181 Å². The topological polar surface area (TPSA) is 20.3 Å². The number of carbonyl (C=O) groups excluding carboxylic acids is 1. The van der Waals surface area contributed by atoms with Gasteiger partial charge >= 0.3 is 0 Å². The number of fused-ring (bicyclic) bond motifs is 3. The molecule has 1 aliphatic heterocycles. The van der Waals surface area contributed by atoms with Gasteiger partial charge in [0.1, 0.15) is 0 Å². The summed E-state index contributed by atoms with van der Waals surface area (Å²) < 4.78 is 0. The van der Waals surface area contributed by atoms with Gasteiger partial charge in [0.2, 0.25) is 5.91 Å². The summed E-state index contributed by atoms with van der Waals surface area (Å²) in [5, 5.41) is 2.45. The van der Waals surface area contributed by atoms with Crippen LogP contribution in [0.25, 0.3) is 10.8 Å². The van der Waals surface area contributed by atoms with Crippen molar-refractivity contribution in [3.8, 4) is 0 Å². The van der Waals surface area contributed by atoms with E-state index in [9.17, 15) is 4.79 Å². The maximum Gasteiger partial charge on any atom is 0.228 e. The van der Waals surface area contributed by atoms with Gasteiger partial charge in [0, 0.05) is 22.9 Å². The summed E-state index contributed by atoms with van der Waals surface area (Å²) in [5.74, 6) is 0.252. The number of thioether (sulfide) groups is 1. The normalized spacial score (nSPS) is 16.0. The van der Waals surface area contributed by atoms with Gasteiger partial charge in [-0.1, -0.05) is 72.8 Å². The van der Waals surface area contributed by atoms with Crippen LogP contribution in [0.1, 0.15) is 29.0 Å². The Bertz CT molecular complexity index is 1200. The molecule has 1 unspecified atom stereocenters. The van der Waals surface area contributed by atoms with Crippen LogP contribution in [0.4, 0.5) is 5.69 Å².